The Bertz CT molecular complexity index is 1030. The maximum Gasteiger partial charge on any atom is 0.353 e. The molecule has 7 heteroatoms. The van der Waals surface area contributed by atoms with E-state index in [1.165, 1.54) is 16.8 Å². The number of hydrogen-bond acceptors (Lipinski definition) is 5. The summed E-state index contributed by atoms with van der Waals surface area (Å²) in [5, 5.41) is 0. The summed E-state index contributed by atoms with van der Waals surface area (Å²) >= 11 is 0. The van der Waals surface area contributed by atoms with Gasteiger partial charge in [0.15, 0.2) is 0 Å². The van der Waals surface area contributed by atoms with E-state index in [2.05, 4.69) is 0 Å². The average Bonchev–Trinajstić information content (AvgIpc) is 3.10. The smallest absolute Gasteiger partial charge is 0.353 e. The lowest BCUT2D eigenvalue weighted by Gasteiger charge is -2.46. The highest BCUT2D eigenvalue weighted by Crippen LogP contribution is 2.44. The van der Waals surface area contributed by atoms with Gasteiger partial charge in [-0.3, -0.25) is 14.5 Å². The molecule has 1 atom stereocenters. The number of carbonyl (C=O) groups is 3. The fraction of sp³-hybridized carbons (Fsp3) is 0.348. The van der Waals surface area contributed by atoms with E-state index in [0.717, 1.165) is 16.9 Å². The van der Waals surface area contributed by atoms with Gasteiger partial charge in [0.05, 0.1) is 11.3 Å². The minimum atomic E-state index is -1.46. The Morgan fingerprint density at radius 1 is 1.10 bits per heavy atom. The van der Waals surface area contributed by atoms with Crippen LogP contribution in [0.5, 0.6) is 5.75 Å². The molecule has 2 aliphatic heterocycles. The number of aryl methyl sites for hydroxylation is 2. The standard InChI is InChI=1S/C23H24N2O5/c1-15-8-9-16(2)19(14-15)29-12-13-30-22(28)23-11-10-20(26)25(23)18-7-5-4-6-17(18)21(27)24(23)3/h4-9,14H,10-13H2,1-3H3/t23-/m1/s1. The van der Waals surface area contributed by atoms with Crippen LogP contribution in [-0.2, 0) is 14.3 Å². The molecule has 0 saturated carbocycles. The van der Waals surface area contributed by atoms with Gasteiger partial charge in [0.1, 0.15) is 19.0 Å². The number of hydrogen-bond donors (Lipinski definition) is 0. The number of anilines is 1. The van der Waals surface area contributed by atoms with Crippen molar-refractivity contribution in [2.45, 2.75) is 32.4 Å². The molecule has 4 rings (SSSR count). The number of carbonyl (C=O) groups excluding carboxylic acids is 3. The molecule has 7 nitrogen and oxygen atoms in total. The number of likely N-dealkylation sites (N-methyl/N-ethyl adjacent to an activating group) is 1. The highest BCUT2D eigenvalue weighted by atomic mass is 16.6. The van der Waals surface area contributed by atoms with Crippen molar-refractivity contribution in [3.05, 3.63) is 59.2 Å². The van der Waals surface area contributed by atoms with E-state index in [9.17, 15) is 14.4 Å². The fourth-order valence-electron chi connectivity index (χ4n) is 4.16. The predicted octanol–water partition coefficient (Wildman–Crippen LogP) is 2.83. The van der Waals surface area contributed by atoms with Crippen molar-refractivity contribution in [1.29, 1.82) is 0 Å². The van der Waals surface area contributed by atoms with Crippen LogP contribution in [0.3, 0.4) is 0 Å². The Kier molecular flexibility index (Phi) is 4.97. The van der Waals surface area contributed by atoms with Gasteiger partial charge in [-0.25, -0.2) is 4.79 Å². The van der Waals surface area contributed by atoms with Gasteiger partial charge in [0.2, 0.25) is 11.6 Å². The van der Waals surface area contributed by atoms with Gasteiger partial charge < -0.3 is 14.4 Å². The highest BCUT2D eigenvalue weighted by molar-refractivity contribution is 6.15. The van der Waals surface area contributed by atoms with Crippen LogP contribution < -0.4 is 9.64 Å². The van der Waals surface area contributed by atoms with Crippen molar-refractivity contribution in [3.63, 3.8) is 0 Å². The summed E-state index contributed by atoms with van der Waals surface area (Å²) in [7, 11) is 1.54. The number of para-hydroxylation sites is 1. The minimum Gasteiger partial charge on any atom is -0.490 e. The number of fused-ring (bicyclic) bond motifs is 3. The summed E-state index contributed by atoms with van der Waals surface area (Å²) in [6.07, 6.45) is 0.360. The zero-order valence-corrected chi connectivity index (χ0v) is 17.3. The molecule has 1 saturated heterocycles. The van der Waals surface area contributed by atoms with Crippen molar-refractivity contribution in [2.75, 3.05) is 25.2 Å². The van der Waals surface area contributed by atoms with Crippen LogP contribution in [0, 0.1) is 13.8 Å². The van der Waals surface area contributed by atoms with E-state index in [0.29, 0.717) is 11.3 Å². The van der Waals surface area contributed by atoms with Gasteiger partial charge in [0, 0.05) is 19.9 Å². The summed E-state index contributed by atoms with van der Waals surface area (Å²) in [6.45, 7) is 4.11. The molecule has 0 radical (unpaired) electrons. The Morgan fingerprint density at radius 2 is 1.87 bits per heavy atom. The molecule has 2 heterocycles. The van der Waals surface area contributed by atoms with Gasteiger partial charge in [0.25, 0.3) is 5.91 Å². The predicted molar refractivity (Wildman–Crippen MR) is 110 cm³/mol. The first kappa shape index (κ1) is 19.9. The Hall–Kier alpha value is -3.35. The first-order valence-electron chi connectivity index (χ1n) is 9.94. The average molecular weight is 408 g/mol. The minimum absolute atomic E-state index is 0.0136. The zero-order valence-electron chi connectivity index (χ0n) is 17.3. The summed E-state index contributed by atoms with van der Waals surface area (Å²) < 4.78 is 11.3. The molecule has 0 bridgehead atoms. The van der Waals surface area contributed by atoms with Gasteiger partial charge in [-0.05, 0) is 43.2 Å². The fourth-order valence-corrected chi connectivity index (χ4v) is 4.16. The third-order valence-electron chi connectivity index (χ3n) is 5.79. The lowest BCUT2D eigenvalue weighted by molar-refractivity contribution is -0.157. The number of benzene rings is 2. The van der Waals surface area contributed by atoms with Crippen LogP contribution in [0.1, 0.15) is 34.3 Å². The quantitative estimate of drug-likeness (QED) is 0.562. The number of esters is 1. The number of ether oxygens (including phenoxy) is 2. The van der Waals surface area contributed by atoms with Crippen LogP contribution in [0.4, 0.5) is 5.69 Å². The maximum atomic E-state index is 13.2. The second-order valence-electron chi connectivity index (χ2n) is 7.68. The summed E-state index contributed by atoms with van der Waals surface area (Å²) in [5.74, 6) is -0.394. The lowest BCUT2D eigenvalue weighted by Crippen LogP contribution is -2.67. The second kappa shape index (κ2) is 7.48. The van der Waals surface area contributed by atoms with Crippen molar-refractivity contribution in [3.8, 4) is 5.75 Å². The van der Waals surface area contributed by atoms with Crippen LogP contribution >= 0.6 is 0 Å². The molecule has 156 valence electrons. The number of rotatable bonds is 5. The van der Waals surface area contributed by atoms with E-state index in [-0.39, 0.29) is 37.9 Å². The van der Waals surface area contributed by atoms with Crippen LogP contribution in [-0.4, -0.2) is 48.6 Å². The molecule has 1 fully saturated rings. The SMILES string of the molecule is Cc1ccc(C)c(OCCOC(=O)[C@@]23CCC(=O)N2c2ccccc2C(=O)N3C)c1. The zero-order chi connectivity index (χ0) is 21.5. The lowest BCUT2D eigenvalue weighted by atomic mass is 9.97. The molecule has 0 N–H and O–H groups in total. The van der Waals surface area contributed by atoms with Crippen molar-refractivity contribution >= 4 is 23.5 Å². The highest BCUT2D eigenvalue weighted by Gasteiger charge is 2.60. The molecule has 0 aromatic heterocycles. The largest absolute Gasteiger partial charge is 0.490 e. The normalized spacial score (nSPS) is 20.1. The molecule has 0 spiro atoms. The Balaban J connectivity index is 1.52. The summed E-state index contributed by atoms with van der Waals surface area (Å²) in [4.78, 5) is 41.5. The number of amides is 2. The van der Waals surface area contributed by atoms with Crippen molar-refractivity contribution in [1.82, 2.24) is 4.90 Å². The molecule has 30 heavy (non-hydrogen) atoms. The first-order valence-corrected chi connectivity index (χ1v) is 9.94. The van der Waals surface area contributed by atoms with Gasteiger partial charge >= 0.3 is 5.97 Å². The third-order valence-corrected chi connectivity index (χ3v) is 5.79. The second-order valence-corrected chi connectivity index (χ2v) is 7.68. The van der Waals surface area contributed by atoms with Crippen molar-refractivity contribution < 1.29 is 23.9 Å². The third kappa shape index (κ3) is 3.01. The molecule has 0 unspecified atom stereocenters. The first-order chi connectivity index (χ1) is 14.4. The molecule has 2 aromatic rings. The molecule has 2 aromatic carbocycles. The van der Waals surface area contributed by atoms with Gasteiger partial charge in [-0.15, -0.1) is 0 Å². The number of nitrogens with zero attached hydrogens (tertiary/aromatic N) is 2. The summed E-state index contributed by atoms with van der Waals surface area (Å²) in [5.41, 5.74) is 1.46. The summed E-state index contributed by atoms with van der Waals surface area (Å²) in [6, 6.07) is 12.7. The molecule has 2 aliphatic rings. The van der Waals surface area contributed by atoms with Crippen LogP contribution in [0.15, 0.2) is 42.5 Å². The monoisotopic (exact) mass is 408 g/mol. The topological polar surface area (TPSA) is 76.1 Å². The molecule has 2 amide bonds. The van der Waals surface area contributed by atoms with Gasteiger partial charge in [-0.2, -0.15) is 0 Å². The van der Waals surface area contributed by atoms with E-state index < -0.39 is 11.6 Å². The van der Waals surface area contributed by atoms with E-state index in [1.807, 2.05) is 32.0 Å². The molecular weight excluding hydrogens is 384 g/mol. The maximum absolute atomic E-state index is 13.2. The van der Waals surface area contributed by atoms with Gasteiger partial charge in [-0.1, -0.05) is 24.3 Å². The van der Waals surface area contributed by atoms with E-state index in [4.69, 9.17) is 9.47 Å². The Labute approximate surface area is 175 Å². The Morgan fingerprint density at radius 3 is 2.67 bits per heavy atom. The van der Waals surface area contributed by atoms with E-state index in [1.54, 1.807) is 24.3 Å². The van der Waals surface area contributed by atoms with E-state index >= 15 is 0 Å². The molecule has 0 aliphatic carbocycles. The van der Waals surface area contributed by atoms with Crippen molar-refractivity contribution in [2.24, 2.45) is 0 Å². The van der Waals surface area contributed by atoms with Crippen LogP contribution in [0.25, 0.3) is 0 Å². The van der Waals surface area contributed by atoms with Crippen LogP contribution in [0.2, 0.25) is 0 Å². The molecular formula is C23H24N2O5.